The van der Waals surface area contributed by atoms with Crippen molar-refractivity contribution < 1.29 is 13.2 Å². The summed E-state index contributed by atoms with van der Waals surface area (Å²) in [7, 11) is -3.55. The number of sulfonamides is 1. The topological polar surface area (TPSA) is 57.7 Å². The lowest BCUT2D eigenvalue weighted by Crippen LogP contribution is -2.35. The molecule has 0 radical (unpaired) electrons. The van der Waals surface area contributed by atoms with Crippen LogP contribution in [0.4, 0.5) is 0 Å². The molecule has 6 heteroatoms. The first kappa shape index (κ1) is 20.6. The average molecular weight is 401 g/mol. The number of carbonyl (C=O) groups excluding carboxylic acids is 1. The minimum atomic E-state index is -3.55. The monoisotopic (exact) mass is 400 g/mol. The van der Waals surface area contributed by atoms with Crippen molar-refractivity contribution in [3.63, 3.8) is 0 Å². The predicted octanol–water partition coefficient (Wildman–Crippen LogP) is 3.83. The molecular formula is C22H28N2O3S. The SMILES string of the molecule is CCN(Cc1ccc(C(=O)N2CCCCC2)cc1)S(=O)(=O)c1ccc(C)cc1. The first-order valence-corrected chi connectivity index (χ1v) is 11.3. The third-order valence-electron chi connectivity index (χ3n) is 5.21. The second-order valence-electron chi connectivity index (χ2n) is 7.29. The molecule has 0 N–H and O–H groups in total. The Morgan fingerprint density at radius 2 is 1.57 bits per heavy atom. The van der Waals surface area contributed by atoms with Gasteiger partial charge < -0.3 is 4.90 Å². The number of nitrogens with zero attached hydrogens (tertiary/aromatic N) is 2. The normalized spacial score (nSPS) is 15.0. The highest BCUT2D eigenvalue weighted by molar-refractivity contribution is 7.89. The van der Waals surface area contributed by atoms with Gasteiger partial charge in [0.1, 0.15) is 0 Å². The molecule has 150 valence electrons. The summed E-state index contributed by atoms with van der Waals surface area (Å²) >= 11 is 0. The zero-order valence-electron chi connectivity index (χ0n) is 16.6. The van der Waals surface area contributed by atoms with E-state index in [4.69, 9.17) is 0 Å². The zero-order chi connectivity index (χ0) is 20.1. The van der Waals surface area contributed by atoms with Gasteiger partial charge in [-0.2, -0.15) is 4.31 Å². The number of hydrogen-bond acceptors (Lipinski definition) is 3. The van der Waals surface area contributed by atoms with Crippen LogP contribution < -0.4 is 0 Å². The number of rotatable bonds is 6. The van der Waals surface area contributed by atoms with Gasteiger partial charge in [0.15, 0.2) is 0 Å². The molecule has 28 heavy (non-hydrogen) atoms. The molecule has 2 aromatic rings. The average Bonchev–Trinajstić information content (AvgIpc) is 2.72. The molecule has 3 rings (SSSR count). The molecule has 0 saturated carbocycles. The third-order valence-corrected chi connectivity index (χ3v) is 7.15. The number of amides is 1. The van der Waals surface area contributed by atoms with Crippen molar-refractivity contribution in [1.82, 2.24) is 9.21 Å². The van der Waals surface area contributed by atoms with E-state index < -0.39 is 10.0 Å². The first-order valence-electron chi connectivity index (χ1n) is 9.87. The molecule has 0 spiro atoms. The van der Waals surface area contributed by atoms with Gasteiger partial charge in [-0.3, -0.25) is 4.79 Å². The number of hydrogen-bond donors (Lipinski definition) is 0. The molecule has 1 amide bonds. The Labute approximate surface area is 168 Å². The second-order valence-corrected chi connectivity index (χ2v) is 9.23. The highest BCUT2D eigenvalue weighted by atomic mass is 32.2. The van der Waals surface area contributed by atoms with Gasteiger partial charge in [0.2, 0.25) is 10.0 Å². The fourth-order valence-corrected chi connectivity index (χ4v) is 4.90. The highest BCUT2D eigenvalue weighted by Gasteiger charge is 2.23. The predicted molar refractivity (Wildman–Crippen MR) is 111 cm³/mol. The number of likely N-dealkylation sites (tertiary alicyclic amines) is 1. The number of piperidine rings is 1. The highest BCUT2D eigenvalue weighted by Crippen LogP contribution is 2.20. The molecule has 1 aliphatic heterocycles. The standard InChI is InChI=1S/C22H28N2O3S/c1-3-24(28(26,27)21-13-7-18(2)8-14-21)17-19-9-11-20(12-10-19)22(25)23-15-5-4-6-16-23/h7-14H,3-6,15-17H2,1-2H3. The lowest BCUT2D eigenvalue weighted by Gasteiger charge is -2.27. The molecule has 0 atom stereocenters. The first-order chi connectivity index (χ1) is 13.4. The molecule has 1 aliphatic rings. The molecular weight excluding hydrogens is 372 g/mol. The fourth-order valence-electron chi connectivity index (χ4n) is 3.46. The van der Waals surface area contributed by atoms with Crippen LogP contribution in [0.5, 0.6) is 0 Å². The lowest BCUT2D eigenvalue weighted by atomic mass is 10.1. The van der Waals surface area contributed by atoms with Crippen LogP contribution in [-0.4, -0.2) is 43.2 Å². The van der Waals surface area contributed by atoms with E-state index in [0.717, 1.165) is 37.1 Å². The van der Waals surface area contributed by atoms with E-state index in [2.05, 4.69) is 0 Å². The van der Waals surface area contributed by atoms with Gasteiger partial charge in [-0.05, 0) is 56.0 Å². The van der Waals surface area contributed by atoms with E-state index in [0.29, 0.717) is 17.0 Å². The Hall–Kier alpha value is -2.18. The Balaban J connectivity index is 1.72. The fraction of sp³-hybridized carbons (Fsp3) is 0.409. The maximum Gasteiger partial charge on any atom is 0.253 e. The summed E-state index contributed by atoms with van der Waals surface area (Å²) in [5, 5.41) is 0. The molecule has 1 fully saturated rings. The van der Waals surface area contributed by atoms with E-state index >= 15 is 0 Å². The number of aryl methyl sites for hydroxylation is 1. The van der Waals surface area contributed by atoms with Gasteiger partial charge >= 0.3 is 0 Å². The summed E-state index contributed by atoms with van der Waals surface area (Å²) in [4.78, 5) is 14.8. The Morgan fingerprint density at radius 1 is 0.964 bits per heavy atom. The number of benzene rings is 2. The lowest BCUT2D eigenvalue weighted by molar-refractivity contribution is 0.0724. The van der Waals surface area contributed by atoms with Gasteiger partial charge in [0.05, 0.1) is 4.90 Å². The second kappa shape index (κ2) is 8.88. The summed E-state index contributed by atoms with van der Waals surface area (Å²) in [6.45, 7) is 6.06. The van der Waals surface area contributed by atoms with Gasteiger partial charge in [-0.1, -0.05) is 36.8 Å². The van der Waals surface area contributed by atoms with E-state index in [1.165, 1.54) is 10.7 Å². The smallest absolute Gasteiger partial charge is 0.253 e. The Morgan fingerprint density at radius 3 is 2.14 bits per heavy atom. The summed E-state index contributed by atoms with van der Waals surface area (Å²) in [5.41, 5.74) is 2.55. The van der Waals surface area contributed by atoms with E-state index in [1.807, 2.05) is 43.0 Å². The largest absolute Gasteiger partial charge is 0.339 e. The van der Waals surface area contributed by atoms with Crippen LogP contribution in [-0.2, 0) is 16.6 Å². The third kappa shape index (κ3) is 4.62. The van der Waals surface area contributed by atoms with Crippen molar-refractivity contribution in [3.8, 4) is 0 Å². The van der Waals surface area contributed by atoms with Crippen molar-refractivity contribution in [2.24, 2.45) is 0 Å². The molecule has 0 aromatic heterocycles. The molecule has 0 aliphatic carbocycles. The number of carbonyl (C=O) groups is 1. The molecule has 0 unspecified atom stereocenters. The Bertz CT molecular complexity index is 900. The van der Waals surface area contributed by atoms with E-state index in [9.17, 15) is 13.2 Å². The van der Waals surface area contributed by atoms with Crippen molar-refractivity contribution in [2.75, 3.05) is 19.6 Å². The van der Waals surface area contributed by atoms with Gasteiger partial charge in [0.25, 0.3) is 5.91 Å². The van der Waals surface area contributed by atoms with Crippen molar-refractivity contribution in [1.29, 1.82) is 0 Å². The van der Waals surface area contributed by atoms with Crippen LogP contribution in [0.15, 0.2) is 53.4 Å². The van der Waals surface area contributed by atoms with Crippen molar-refractivity contribution >= 4 is 15.9 Å². The van der Waals surface area contributed by atoms with E-state index in [1.54, 1.807) is 24.3 Å². The van der Waals surface area contributed by atoms with Crippen LogP contribution >= 0.6 is 0 Å². The minimum absolute atomic E-state index is 0.0610. The minimum Gasteiger partial charge on any atom is -0.339 e. The van der Waals surface area contributed by atoms with Crippen LogP contribution in [0.1, 0.15) is 47.7 Å². The molecule has 5 nitrogen and oxygen atoms in total. The van der Waals surface area contributed by atoms with Gasteiger partial charge in [0, 0.05) is 31.7 Å². The quantitative estimate of drug-likeness (QED) is 0.740. The van der Waals surface area contributed by atoms with Gasteiger partial charge in [-0.15, -0.1) is 0 Å². The Kier molecular flexibility index (Phi) is 6.52. The summed E-state index contributed by atoms with van der Waals surface area (Å²) in [6.07, 6.45) is 3.31. The zero-order valence-corrected chi connectivity index (χ0v) is 17.4. The molecule has 2 aromatic carbocycles. The molecule has 1 heterocycles. The van der Waals surface area contributed by atoms with Gasteiger partial charge in [-0.25, -0.2) is 8.42 Å². The van der Waals surface area contributed by atoms with Crippen molar-refractivity contribution in [3.05, 3.63) is 65.2 Å². The summed E-state index contributed by atoms with van der Waals surface area (Å²) in [6, 6.07) is 14.2. The van der Waals surface area contributed by atoms with Crippen LogP contribution in [0.3, 0.4) is 0 Å². The summed E-state index contributed by atoms with van der Waals surface area (Å²) < 4.78 is 27.3. The van der Waals surface area contributed by atoms with E-state index in [-0.39, 0.29) is 12.5 Å². The summed E-state index contributed by atoms with van der Waals surface area (Å²) in [5.74, 6) is 0.0610. The van der Waals surface area contributed by atoms with Crippen LogP contribution in [0.25, 0.3) is 0 Å². The molecule has 0 bridgehead atoms. The molecule has 1 saturated heterocycles. The van der Waals surface area contributed by atoms with Crippen LogP contribution in [0, 0.1) is 6.92 Å². The van der Waals surface area contributed by atoms with Crippen LogP contribution in [0.2, 0.25) is 0 Å². The maximum absolute atomic E-state index is 12.9. The maximum atomic E-state index is 12.9. The van der Waals surface area contributed by atoms with Crippen molar-refractivity contribution in [2.45, 2.75) is 44.6 Å².